The number of ketones is 1. The normalized spacial score (nSPS) is 22.8. The first-order chi connectivity index (χ1) is 15.1. The number of amides is 1. The van der Waals surface area contributed by atoms with Crippen molar-refractivity contribution in [3.63, 3.8) is 0 Å². The van der Waals surface area contributed by atoms with Gasteiger partial charge in [-0.2, -0.15) is 0 Å². The Morgan fingerprint density at radius 3 is 2.87 bits per heavy atom. The zero-order chi connectivity index (χ0) is 21.4. The van der Waals surface area contributed by atoms with Crippen LogP contribution >= 0.6 is 0 Å². The Labute approximate surface area is 179 Å². The number of Topliss-reactive ketones (excluding diaryl/α,β-unsaturated/α-hetero) is 1. The summed E-state index contributed by atoms with van der Waals surface area (Å²) in [6.07, 6.45) is 4.18. The molecular weight excluding hydrogens is 403 g/mol. The maximum Gasteiger partial charge on any atom is 0.268 e. The van der Waals surface area contributed by atoms with Gasteiger partial charge in [-0.15, -0.1) is 0 Å². The Morgan fingerprint density at radius 1 is 1.19 bits per heavy atom. The van der Waals surface area contributed by atoms with E-state index in [1.54, 1.807) is 18.2 Å². The lowest BCUT2D eigenvalue weighted by Crippen LogP contribution is -2.32. The molecule has 162 valence electrons. The maximum atomic E-state index is 14.4. The molecule has 5 rings (SSSR count). The zero-order valence-corrected chi connectivity index (χ0v) is 17.0. The molecule has 7 nitrogen and oxygen atoms in total. The molecule has 8 heteroatoms. The topological polar surface area (TPSA) is 78.0 Å². The second kappa shape index (κ2) is 8.26. The van der Waals surface area contributed by atoms with E-state index in [1.807, 2.05) is 0 Å². The van der Waals surface area contributed by atoms with Crippen molar-refractivity contribution < 1.29 is 28.2 Å². The Morgan fingerprint density at radius 2 is 2.10 bits per heavy atom. The zero-order valence-electron chi connectivity index (χ0n) is 17.0. The van der Waals surface area contributed by atoms with Gasteiger partial charge in [-0.1, -0.05) is 0 Å². The van der Waals surface area contributed by atoms with Crippen molar-refractivity contribution in [1.82, 2.24) is 4.98 Å². The molecule has 1 aromatic carbocycles. The van der Waals surface area contributed by atoms with E-state index >= 15 is 0 Å². The summed E-state index contributed by atoms with van der Waals surface area (Å²) in [5.41, 5.74) is 1.23. The van der Waals surface area contributed by atoms with Crippen LogP contribution in [0.25, 0.3) is 0 Å². The number of pyridine rings is 1. The first-order valence-corrected chi connectivity index (χ1v) is 10.6. The van der Waals surface area contributed by atoms with Crippen LogP contribution in [0.3, 0.4) is 0 Å². The third kappa shape index (κ3) is 3.99. The van der Waals surface area contributed by atoms with E-state index < -0.39 is 11.9 Å². The van der Waals surface area contributed by atoms with E-state index in [4.69, 9.17) is 14.2 Å². The highest BCUT2D eigenvalue weighted by Gasteiger charge is 2.36. The second-order valence-corrected chi connectivity index (χ2v) is 8.04. The lowest BCUT2D eigenvalue weighted by molar-refractivity contribution is -0.122. The minimum Gasteiger partial charge on any atom is -0.479 e. The van der Waals surface area contributed by atoms with Gasteiger partial charge in [0.15, 0.2) is 11.9 Å². The molecule has 2 aliphatic heterocycles. The second-order valence-electron chi connectivity index (χ2n) is 8.04. The number of carbonyl (C=O) groups is 2. The van der Waals surface area contributed by atoms with Crippen LogP contribution in [0.1, 0.15) is 41.6 Å². The molecular formula is C23H23FN2O5. The van der Waals surface area contributed by atoms with Crippen molar-refractivity contribution in [2.24, 2.45) is 0 Å². The standard InChI is InChI=1S/C23H23FN2O5/c24-19-11-14(10-18-17(19)4-5-20(18)27)26-8-7-21(23(26)28)31-15-3-6-22(25-12-15)30-13-16-2-1-9-29-16/h3,6,10-12,16,21H,1-2,4-5,7-9,13H2/t16?,21-/m1/s1. The van der Waals surface area contributed by atoms with Gasteiger partial charge in [-0.25, -0.2) is 9.37 Å². The van der Waals surface area contributed by atoms with Gasteiger partial charge in [0.25, 0.3) is 5.91 Å². The summed E-state index contributed by atoms with van der Waals surface area (Å²) in [7, 11) is 0. The molecule has 3 heterocycles. The maximum absolute atomic E-state index is 14.4. The average molecular weight is 426 g/mol. The summed E-state index contributed by atoms with van der Waals surface area (Å²) >= 11 is 0. The molecule has 2 atom stereocenters. The van der Waals surface area contributed by atoms with E-state index in [0.29, 0.717) is 60.9 Å². The van der Waals surface area contributed by atoms with Gasteiger partial charge >= 0.3 is 0 Å². The molecule has 2 fully saturated rings. The van der Waals surface area contributed by atoms with E-state index in [-0.39, 0.29) is 17.8 Å². The van der Waals surface area contributed by atoms with Gasteiger partial charge in [-0.05, 0) is 43.0 Å². The molecule has 0 radical (unpaired) electrons. The number of ether oxygens (including phenoxy) is 3. The van der Waals surface area contributed by atoms with E-state index in [9.17, 15) is 14.0 Å². The smallest absolute Gasteiger partial charge is 0.268 e. The quantitative estimate of drug-likeness (QED) is 0.707. The van der Waals surface area contributed by atoms with Crippen LogP contribution in [-0.2, 0) is 16.0 Å². The monoisotopic (exact) mass is 426 g/mol. The highest BCUT2D eigenvalue weighted by molar-refractivity contribution is 6.04. The SMILES string of the molecule is O=C1CCc2c(F)cc(N3CC[C@@H](Oc4ccc(OCC5CCCO5)nc4)C3=O)cc21. The molecule has 0 spiro atoms. The minimum absolute atomic E-state index is 0.0805. The Balaban J connectivity index is 1.22. The third-order valence-corrected chi connectivity index (χ3v) is 5.98. The molecule has 1 unspecified atom stereocenters. The van der Waals surface area contributed by atoms with Gasteiger partial charge in [0.1, 0.15) is 18.2 Å². The number of hydrogen-bond acceptors (Lipinski definition) is 6. The van der Waals surface area contributed by atoms with Crippen molar-refractivity contribution in [1.29, 1.82) is 0 Å². The van der Waals surface area contributed by atoms with Crippen molar-refractivity contribution >= 4 is 17.4 Å². The largest absolute Gasteiger partial charge is 0.479 e. The summed E-state index contributed by atoms with van der Waals surface area (Å²) in [4.78, 5) is 30.6. The number of anilines is 1. The average Bonchev–Trinajstić information content (AvgIpc) is 3.50. The number of halogens is 1. The Bertz CT molecular complexity index is 1000. The molecule has 1 amide bonds. The summed E-state index contributed by atoms with van der Waals surface area (Å²) in [6.45, 7) is 1.63. The predicted molar refractivity (Wildman–Crippen MR) is 109 cm³/mol. The van der Waals surface area contributed by atoms with Crippen LogP contribution in [0.2, 0.25) is 0 Å². The molecule has 2 saturated heterocycles. The lowest BCUT2D eigenvalue weighted by atomic mass is 10.1. The fourth-order valence-electron chi connectivity index (χ4n) is 4.31. The fraction of sp³-hybridized carbons (Fsp3) is 0.435. The number of aromatic nitrogens is 1. The van der Waals surface area contributed by atoms with Gasteiger partial charge in [0.05, 0.1) is 12.3 Å². The fourth-order valence-corrected chi connectivity index (χ4v) is 4.31. The minimum atomic E-state index is -0.688. The number of carbonyl (C=O) groups excluding carboxylic acids is 2. The van der Waals surface area contributed by atoms with Crippen LogP contribution in [0.4, 0.5) is 10.1 Å². The van der Waals surface area contributed by atoms with Gasteiger partial charge in [-0.3, -0.25) is 9.59 Å². The van der Waals surface area contributed by atoms with Crippen molar-refractivity contribution in [2.75, 3.05) is 24.7 Å². The van der Waals surface area contributed by atoms with Crippen LogP contribution in [0, 0.1) is 5.82 Å². The van der Waals surface area contributed by atoms with Gasteiger partial charge < -0.3 is 19.1 Å². The predicted octanol–water partition coefficient (Wildman–Crippen LogP) is 3.09. The Kier molecular flexibility index (Phi) is 5.31. The van der Waals surface area contributed by atoms with E-state index in [2.05, 4.69) is 4.98 Å². The molecule has 2 aromatic rings. The van der Waals surface area contributed by atoms with Crippen molar-refractivity contribution in [3.05, 3.63) is 47.4 Å². The summed E-state index contributed by atoms with van der Waals surface area (Å²) in [5, 5.41) is 0. The molecule has 0 N–H and O–H groups in total. The summed E-state index contributed by atoms with van der Waals surface area (Å²) < 4.78 is 31.4. The van der Waals surface area contributed by atoms with Gasteiger partial charge in [0.2, 0.25) is 5.88 Å². The summed E-state index contributed by atoms with van der Waals surface area (Å²) in [6, 6.07) is 6.36. The summed E-state index contributed by atoms with van der Waals surface area (Å²) in [5.74, 6) is 0.158. The van der Waals surface area contributed by atoms with Crippen molar-refractivity contribution in [3.8, 4) is 11.6 Å². The molecule has 0 bridgehead atoms. The molecule has 0 saturated carbocycles. The first kappa shape index (κ1) is 19.9. The van der Waals surface area contributed by atoms with Crippen LogP contribution < -0.4 is 14.4 Å². The van der Waals surface area contributed by atoms with E-state index in [1.165, 1.54) is 17.2 Å². The number of fused-ring (bicyclic) bond motifs is 1. The molecule has 1 aliphatic carbocycles. The number of rotatable bonds is 6. The number of benzene rings is 1. The van der Waals surface area contributed by atoms with E-state index in [0.717, 1.165) is 19.4 Å². The third-order valence-electron chi connectivity index (χ3n) is 5.98. The highest BCUT2D eigenvalue weighted by Crippen LogP contribution is 2.32. The van der Waals surface area contributed by atoms with Crippen LogP contribution in [0.15, 0.2) is 30.5 Å². The Hall–Kier alpha value is -3.00. The first-order valence-electron chi connectivity index (χ1n) is 10.6. The molecule has 3 aliphatic rings. The number of nitrogens with zero attached hydrogens (tertiary/aromatic N) is 2. The molecule has 31 heavy (non-hydrogen) atoms. The molecule has 1 aromatic heterocycles. The lowest BCUT2D eigenvalue weighted by Gasteiger charge is -2.18. The van der Waals surface area contributed by atoms with Crippen molar-refractivity contribution in [2.45, 2.75) is 44.3 Å². The van der Waals surface area contributed by atoms with Gasteiger partial charge in [0, 0.05) is 43.3 Å². The van der Waals surface area contributed by atoms with Crippen LogP contribution in [-0.4, -0.2) is 48.6 Å². The van der Waals surface area contributed by atoms with Crippen LogP contribution in [0.5, 0.6) is 11.6 Å². The number of hydrogen-bond donors (Lipinski definition) is 0. The highest BCUT2D eigenvalue weighted by atomic mass is 19.1.